The summed E-state index contributed by atoms with van der Waals surface area (Å²) in [5.41, 5.74) is 8.59. The highest BCUT2D eigenvalue weighted by Gasteiger charge is 2.41. The van der Waals surface area contributed by atoms with Crippen molar-refractivity contribution in [1.82, 2.24) is 0 Å². The van der Waals surface area contributed by atoms with E-state index >= 15 is 0 Å². The Labute approximate surface area is 192 Å². The van der Waals surface area contributed by atoms with Crippen molar-refractivity contribution in [3.8, 4) is 23.5 Å². The number of benzene rings is 2. The Hall–Kier alpha value is -3.29. The molecule has 2 aliphatic rings. The summed E-state index contributed by atoms with van der Waals surface area (Å²) in [5.74, 6) is 0.503. The van der Waals surface area contributed by atoms with Gasteiger partial charge >= 0.3 is 0 Å². The second-order valence-electron chi connectivity index (χ2n) is 6.91. The highest BCUT2D eigenvalue weighted by molar-refractivity contribution is 8.03. The third-order valence-corrected chi connectivity index (χ3v) is 6.91. The molecule has 2 aromatic carbocycles. The van der Waals surface area contributed by atoms with Crippen LogP contribution in [0.1, 0.15) is 11.7 Å². The van der Waals surface area contributed by atoms with Crippen molar-refractivity contribution >= 4 is 40.7 Å². The van der Waals surface area contributed by atoms with Gasteiger partial charge in [0, 0.05) is 15.5 Å². The van der Waals surface area contributed by atoms with Crippen LogP contribution in [0, 0.1) is 22.7 Å². The van der Waals surface area contributed by atoms with E-state index in [1.807, 2.05) is 24.3 Å². The Bertz CT molecular complexity index is 1390. The lowest BCUT2D eigenvalue weighted by Crippen LogP contribution is -2.32. The highest BCUT2D eigenvalue weighted by Crippen LogP contribution is 2.54. The first-order valence-electron chi connectivity index (χ1n) is 9.19. The number of nitrogens with zero attached hydrogens (tertiary/aromatic N) is 3. The van der Waals surface area contributed by atoms with E-state index in [2.05, 4.69) is 12.1 Å². The second kappa shape index (κ2) is 7.44. The molecule has 2 N–H and O–H groups in total. The van der Waals surface area contributed by atoms with Crippen LogP contribution in [0.3, 0.4) is 0 Å². The molecule has 150 valence electrons. The highest BCUT2D eigenvalue weighted by atomic mass is 35.5. The summed E-state index contributed by atoms with van der Waals surface area (Å²) in [6.45, 7) is 0. The van der Waals surface area contributed by atoms with E-state index in [0.29, 0.717) is 37.7 Å². The zero-order valence-corrected chi connectivity index (χ0v) is 18.1. The summed E-state index contributed by atoms with van der Waals surface area (Å²) in [6, 6.07) is 20.7. The summed E-state index contributed by atoms with van der Waals surface area (Å²) in [6.07, 6.45) is 0. The van der Waals surface area contributed by atoms with E-state index in [1.165, 1.54) is 11.8 Å². The van der Waals surface area contributed by atoms with Crippen molar-refractivity contribution in [1.29, 1.82) is 10.5 Å². The van der Waals surface area contributed by atoms with Crippen LogP contribution in [0.4, 0.5) is 5.69 Å². The number of allylic oxidation sites excluding steroid dienone is 2. The van der Waals surface area contributed by atoms with Gasteiger partial charge in [-0.3, -0.25) is 4.90 Å². The first-order chi connectivity index (χ1) is 15.0. The van der Waals surface area contributed by atoms with Crippen molar-refractivity contribution in [3.63, 3.8) is 0 Å². The van der Waals surface area contributed by atoms with Crippen LogP contribution >= 0.6 is 35.0 Å². The lowest BCUT2D eigenvalue weighted by atomic mass is 9.87. The zero-order valence-electron chi connectivity index (χ0n) is 15.8. The van der Waals surface area contributed by atoms with Crippen LogP contribution in [-0.2, 0) is 0 Å². The number of para-hydroxylation sites is 1. The number of nitrogens with two attached hydrogens (primary N) is 1. The molecule has 0 fully saturated rings. The summed E-state index contributed by atoms with van der Waals surface area (Å²) in [4.78, 5) is 2.74. The standard InChI is InChI=1S/C23H12Cl2N4OS/c24-12-5-6-16(25)13(9-12)18-7-8-19(30-18)21-14(10-26)22(28)29-17-3-1-2-4-20(17)31-23(29)15(21)11-27/h1-9,21H,28H2. The number of hydrogen-bond acceptors (Lipinski definition) is 6. The number of anilines is 1. The Balaban J connectivity index is 1.66. The topological polar surface area (TPSA) is 90.0 Å². The first-order valence-corrected chi connectivity index (χ1v) is 10.8. The molecule has 3 heterocycles. The van der Waals surface area contributed by atoms with Crippen LogP contribution in [0.15, 0.2) is 85.9 Å². The fourth-order valence-corrected chi connectivity index (χ4v) is 5.36. The predicted octanol–water partition coefficient (Wildman–Crippen LogP) is 6.39. The molecule has 0 amide bonds. The van der Waals surface area contributed by atoms with Crippen molar-refractivity contribution in [2.75, 3.05) is 4.90 Å². The van der Waals surface area contributed by atoms with E-state index in [4.69, 9.17) is 33.4 Å². The molecule has 5 nitrogen and oxygen atoms in total. The largest absolute Gasteiger partial charge is 0.460 e. The van der Waals surface area contributed by atoms with Crippen LogP contribution < -0.4 is 10.6 Å². The number of furan rings is 1. The van der Waals surface area contributed by atoms with Gasteiger partial charge in [-0.25, -0.2) is 0 Å². The average molecular weight is 463 g/mol. The monoisotopic (exact) mass is 462 g/mol. The van der Waals surface area contributed by atoms with Gasteiger partial charge in [0.25, 0.3) is 0 Å². The van der Waals surface area contributed by atoms with E-state index in [0.717, 1.165) is 10.6 Å². The summed E-state index contributed by atoms with van der Waals surface area (Å²) >= 11 is 13.9. The molecule has 2 aliphatic heterocycles. The molecular weight excluding hydrogens is 451 g/mol. The lowest BCUT2D eigenvalue weighted by Gasteiger charge is -2.30. The number of thioether (sulfide) groups is 1. The molecule has 0 spiro atoms. The molecular formula is C23H12Cl2N4OS. The van der Waals surface area contributed by atoms with Gasteiger partial charge in [0.05, 0.1) is 39.9 Å². The number of rotatable bonds is 2. The van der Waals surface area contributed by atoms with Gasteiger partial charge in [-0.2, -0.15) is 10.5 Å². The summed E-state index contributed by atoms with van der Waals surface area (Å²) in [7, 11) is 0. The maximum atomic E-state index is 10.1. The molecule has 0 saturated carbocycles. The van der Waals surface area contributed by atoms with Gasteiger partial charge in [0.15, 0.2) is 0 Å². The van der Waals surface area contributed by atoms with E-state index in [1.54, 1.807) is 35.2 Å². The van der Waals surface area contributed by atoms with Gasteiger partial charge in [-0.1, -0.05) is 47.1 Å². The molecule has 5 rings (SSSR count). The third-order valence-electron chi connectivity index (χ3n) is 5.19. The third kappa shape index (κ3) is 3.00. The molecule has 31 heavy (non-hydrogen) atoms. The minimum Gasteiger partial charge on any atom is -0.460 e. The molecule has 8 heteroatoms. The fourth-order valence-electron chi connectivity index (χ4n) is 3.80. The smallest absolute Gasteiger partial charge is 0.135 e. The molecule has 0 saturated heterocycles. The Kier molecular flexibility index (Phi) is 4.72. The Morgan fingerprint density at radius 1 is 1.00 bits per heavy atom. The zero-order chi connectivity index (χ0) is 21.7. The van der Waals surface area contributed by atoms with E-state index < -0.39 is 5.92 Å². The SMILES string of the molecule is N#CC1=C(N)N2C(=C(C#N)C1c1ccc(-c3cc(Cl)ccc3Cl)o1)Sc1ccccc12. The van der Waals surface area contributed by atoms with Crippen LogP contribution in [0.2, 0.25) is 10.0 Å². The van der Waals surface area contributed by atoms with Crippen LogP contribution in [0.5, 0.6) is 0 Å². The second-order valence-corrected chi connectivity index (χ2v) is 8.78. The van der Waals surface area contributed by atoms with E-state index in [9.17, 15) is 10.5 Å². The van der Waals surface area contributed by atoms with Gasteiger partial charge in [-0.15, -0.1) is 0 Å². The van der Waals surface area contributed by atoms with Gasteiger partial charge in [-0.05, 0) is 42.5 Å². The number of hydrogen-bond donors (Lipinski definition) is 1. The number of halogens is 2. The summed E-state index contributed by atoms with van der Waals surface area (Å²) < 4.78 is 6.09. The van der Waals surface area contributed by atoms with Gasteiger partial charge in [0.2, 0.25) is 0 Å². The molecule has 0 radical (unpaired) electrons. The Morgan fingerprint density at radius 2 is 1.77 bits per heavy atom. The van der Waals surface area contributed by atoms with Crippen molar-refractivity contribution in [2.45, 2.75) is 10.8 Å². The van der Waals surface area contributed by atoms with Crippen molar-refractivity contribution in [3.05, 3.63) is 92.4 Å². The molecule has 1 atom stereocenters. The molecule has 1 aromatic heterocycles. The van der Waals surface area contributed by atoms with Crippen molar-refractivity contribution in [2.24, 2.45) is 5.73 Å². The maximum Gasteiger partial charge on any atom is 0.135 e. The van der Waals surface area contributed by atoms with Crippen LogP contribution in [0.25, 0.3) is 11.3 Å². The normalized spacial score (nSPS) is 17.3. The van der Waals surface area contributed by atoms with Gasteiger partial charge in [0.1, 0.15) is 22.4 Å². The number of fused-ring (bicyclic) bond motifs is 3. The molecule has 0 bridgehead atoms. The van der Waals surface area contributed by atoms with E-state index in [-0.39, 0.29) is 11.4 Å². The van der Waals surface area contributed by atoms with Gasteiger partial charge < -0.3 is 10.2 Å². The Morgan fingerprint density at radius 3 is 2.55 bits per heavy atom. The maximum absolute atomic E-state index is 10.1. The molecule has 3 aromatic rings. The summed E-state index contributed by atoms with van der Waals surface area (Å²) in [5, 5.41) is 21.7. The number of nitriles is 2. The van der Waals surface area contributed by atoms with Crippen molar-refractivity contribution < 1.29 is 4.42 Å². The minimum absolute atomic E-state index is 0.260. The fraction of sp³-hybridized carbons (Fsp3) is 0.0435. The predicted molar refractivity (Wildman–Crippen MR) is 121 cm³/mol. The lowest BCUT2D eigenvalue weighted by molar-refractivity contribution is 0.513. The van der Waals surface area contributed by atoms with Crippen LogP contribution in [-0.4, -0.2) is 0 Å². The molecule has 0 aliphatic carbocycles. The minimum atomic E-state index is -0.713. The first kappa shape index (κ1) is 19.7. The molecule has 1 unspecified atom stereocenters. The quantitative estimate of drug-likeness (QED) is 0.474. The average Bonchev–Trinajstić information content (AvgIpc) is 3.40.